The first-order valence-electron chi connectivity index (χ1n) is 8.92. The largest absolute Gasteiger partial charge is 0.394 e. The molecule has 21 heavy (non-hydrogen) atoms. The van der Waals surface area contributed by atoms with Crippen LogP contribution in [0.3, 0.4) is 0 Å². The molecule has 0 aromatic heterocycles. The monoisotopic (exact) mass is 297 g/mol. The van der Waals surface area contributed by atoms with E-state index in [1.807, 2.05) is 0 Å². The topological polar surface area (TPSA) is 38.7 Å². The van der Waals surface area contributed by atoms with E-state index in [9.17, 15) is 5.11 Å². The van der Waals surface area contributed by atoms with Crippen LogP contribution in [0.5, 0.6) is 0 Å². The van der Waals surface area contributed by atoms with E-state index >= 15 is 0 Å². The molecule has 0 spiro atoms. The molecule has 4 heteroatoms. The van der Waals surface area contributed by atoms with Gasteiger partial charge in [0.05, 0.1) is 6.61 Å². The maximum absolute atomic E-state index is 9.74. The highest BCUT2D eigenvalue weighted by Crippen LogP contribution is 2.24. The second-order valence-corrected chi connectivity index (χ2v) is 7.38. The lowest BCUT2D eigenvalue weighted by atomic mass is 9.93. The number of aliphatic hydroxyl groups excluding tert-OH is 1. The molecule has 0 radical (unpaired) electrons. The number of aliphatic hydroxyl groups is 1. The van der Waals surface area contributed by atoms with Gasteiger partial charge in [0, 0.05) is 30.7 Å². The molecule has 3 unspecified atom stereocenters. The van der Waals surface area contributed by atoms with Gasteiger partial charge in [-0.3, -0.25) is 9.80 Å². The molecule has 0 aromatic carbocycles. The lowest BCUT2D eigenvalue weighted by molar-refractivity contribution is 0.121. The Bertz CT molecular complexity index is 306. The van der Waals surface area contributed by atoms with E-state index in [4.69, 9.17) is 0 Å². The first-order valence-corrected chi connectivity index (χ1v) is 8.92. The van der Waals surface area contributed by atoms with E-state index in [-0.39, 0.29) is 12.1 Å². The van der Waals surface area contributed by atoms with Crippen molar-refractivity contribution in [2.45, 2.75) is 70.5 Å². The summed E-state index contributed by atoms with van der Waals surface area (Å²) in [6, 6.07) is 1.32. The molecule has 0 aromatic rings. The molecule has 2 aliphatic rings. The van der Waals surface area contributed by atoms with Crippen molar-refractivity contribution in [2.24, 2.45) is 0 Å². The van der Waals surface area contributed by atoms with Gasteiger partial charge >= 0.3 is 0 Å². The summed E-state index contributed by atoms with van der Waals surface area (Å²) >= 11 is 0. The van der Waals surface area contributed by atoms with Crippen LogP contribution in [0.15, 0.2) is 0 Å². The van der Waals surface area contributed by atoms with Crippen LogP contribution < -0.4 is 5.32 Å². The Morgan fingerprint density at radius 1 is 1.29 bits per heavy atom. The van der Waals surface area contributed by atoms with Gasteiger partial charge in [-0.15, -0.1) is 0 Å². The maximum atomic E-state index is 9.74. The van der Waals surface area contributed by atoms with Gasteiger partial charge in [0.2, 0.25) is 0 Å². The molecule has 2 rings (SSSR count). The molecule has 2 N–H and O–H groups in total. The molecule has 2 saturated heterocycles. The molecule has 3 atom stereocenters. The zero-order valence-electron chi connectivity index (χ0n) is 14.3. The maximum Gasteiger partial charge on any atom is 0.0611 e. The fourth-order valence-electron chi connectivity index (χ4n) is 3.97. The van der Waals surface area contributed by atoms with Crippen LogP contribution in [-0.4, -0.2) is 71.9 Å². The molecule has 2 heterocycles. The summed E-state index contributed by atoms with van der Waals surface area (Å²) in [4.78, 5) is 5.32. The van der Waals surface area contributed by atoms with Crippen molar-refractivity contribution < 1.29 is 5.11 Å². The van der Waals surface area contributed by atoms with Crippen LogP contribution in [0.1, 0.15) is 52.9 Å². The molecule has 0 saturated carbocycles. The first kappa shape index (κ1) is 17.2. The third-order valence-corrected chi connectivity index (χ3v) is 5.37. The van der Waals surface area contributed by atoms with E-state index in [1.54, 1.807) is 0 Å². The molecule has 124 valence electrons. The summed E-state index contributed by atoms with van der Waals surface area (Å²) in [5.41, 5.74) is -0.138. The lowest BCUT2D eigenvalue weighted by Gasteiger charge is -2.35. The quantitative estimate of drug-likeness (QED) is 0.715. The van der Waals surface area contributed by atoms with Gasteiger partial charge in [0.15, 0.2) is 0 Å². The minimum Gasteiger partial charge on any atom is -0.394 e. The number of hydrogen-bond acceptors (Lipinski definition) is 4. The summed E-state index contributed by atoms with van der Waals surface area (Å²) in [6.45, 7) is 12.9. The van der Waals surface area contributed by atoms with E-state index in [1.165, 1.54) is 45.4 Å². The normalized spacial score (nSPS) is 28.9. The van der Waals surface area contributed by atoms with Crippen molar-refractivity contribution in [1.29, 1.82) is 0 Å². The third-order valence-electron chi connectivity index (χ3n) is 5.37. The second kappa shape index (κ2) is 7.91. The van der Waals surface area contributed by atoms with Crippen molar-refractivity contribution in [1.82, 2.24) is 15.1 Å². The number of nitrogens with zero attached hydrogens (tertiary/aromatic N) is 2. The molecule has 2 fully saturated rings. The van der Waals surface area contributed by atoms with Crippen molar-refractivity contribution in [2.75, 3.05) is 39.3 Å². The Morgan fingerprint density at radius 2 is 2.00 bits per heavy atom. The fraction of sp³-hybridized carbons (Fsp3) is 1.00. The molecule has 2 aliphatic heterocycles. The van der Waals surface area contributed by atoms with Crippen molar-refractivity contribution in [3.63, 3.8) is 0 Å². The number of rotatable bonds is 8. The van der Waals surface area contributed by atoms with Gasteiger partial charge in [-0.05, 0) is 65.6 Å². The van der Waals surface area contributed by atoms with Crippen LogP contribution in [0.2, 0.25) is 0 Å². The fourth-order valence-corrected chi connectivity index (χ4v) is 3.97. The zero-order chi connectivity index (χ0) is 15.3. The summed E-state index contributed by atoms with van der Waals surface area (Å²) in [7, 11) is 0. The summed E-state index contributed by atoms with van der Waals surface area (Å²) < 4.78 is 0. The molecule has 0 bridgehead atoms. The van der Waals surface area contributed by atoms with Crippen molar-refractivity contribution >= 4 is 0 Å². The number of nitrogens with one attached hydrogen (secondary N) is 1. The SMILES string of the molecule is CCCNC(C)(CO)CC(C)N1CCC(N2CCCC2)C1. The van der Waals surface area contributed by atoms with Gasteiger partial charge in [-0.2, -0.15) is 0 Å². The minimum absolute atomic E-state index is 0.138. The Balaban J connectivity index is 1.81. The molecular formula is C17H35N3O. The highest BCUT2D eigenvalue weighted by molar-refractivity contribution is 4.92. The minimum atomic E-state index is -0.138. The highest BCUT2D eigenvalue weighted by atomic mass is 16.3. The van der Waals surface area contributed by atoms with Gasteiger partial charge in [0.25, 0.3) is 0 Å². The average molecular weight is 297 g/mol. The summed E-state index contributed by atoms with van der Waals surface area (Å²) in [5.74, 6) is 0. The molecule has 4 nitrogen and oxygen atoms in total. The lowest BCUT2D eigenvalue weighted by Crippen LogP contribution is -2.51. The Hall–Kier alpha value is -0.160. The Kier molecular flexibility index (Phi) is 6.48. The zero-order valence-corrected chi connectivity index (χ0v) is 14.3. The van der Waals surface area contributed by atoms with Gasteiger partial charge < -0.3 is 10.4 Å². The third kappa shape index (κ3) is 4.65. The summed E-state index contributed by atoms with van der Waals surface area (Å²) in [6.07, 6.45) is 6.23. The van der Waals surface area contributed by atoms with Crippen LogP contribution >= 0.6 is 0 Å². The van der Waals surface area contributed by atoms with Crippen LogP contribution in [0.4, 0.5) is 0 Å². The van der Waals surface area contributed by atoms with E-state index in [0.717, 1.165) is 25.4 Å². The van der Waals surface area contributed by atoms with E-state index in [0.29, 0.717) is 6.04 Å². The predicted octanol–water partition coefficient (Wildman–Crippen LogP) is 1.69. The summed E-state index contributed by atoms with van der Waals surface area (Å²) in [5, 5.41) is 13.3. The Morgan fingerprint density at radius 3 is 2.62 bits per heavy atom. The van der Waals surface area contributed by atoms with E-state index < -0.39 is 0 Å². The van der Waals surface area contributed by atoms with Gasteiger partial charge in [-0.25, -0.2) is 0 Å². The van der Waals surface area contributed by atoms with Crippen LogP contribution in [-0.2, 0) is 0 Å². The molecule has 0 amide bonds. The second-order valence-electron chi connectivity index (χ2n) is 7.38. The number of hydrogen-bond donors (Lipinski definition) is 2. The highest BCUT2D eigenvalue weighted by Gasteiger charge is 2.34. The molecular weight excluding hydrogens is 262 g/mol. The van der Waals surface area contributed by atoms with Gasteiger partial charge in [-0.1, -0.05) is 6.92 Å². The van der Waals surface area contributed by atoms with Crippen molar-refractivity contribution in [3.05, 3.63) is 0 Å². The average Bonchev–Trinajstić information content (AvgIpc) is 3.15. The number of likely N-dealkylation sites (tertiary alicyclic amines) is 2. The smallest absolute Gasteiger partial charge is 0.0611 e. The van der Waals surface area contributed by atoms with Crippen LogP contribution in [0.25, 0.3) is 0 Å². The molecule has 0 aliphatic carbocycles. The van der Waals surface area contributed by atoms with Crippen LogP contribution in [0, 0.1) is 0 Å². The standard InChI is InChI=1S/C17H35N3O/c1-4-8-18-17(3,14-21)12-15(2)20-11-7-16(13-20)19-9-5-6-10-19/h15-16,18,21H,4-14H2,1-3H3. The Labute approximate surface area is 130 Å². The van der Waals surface area contributed by atoms with E-state index in [2.05, 4.69) is 35.9 Å². The van der Waals surface area contributed by atoms with Crippen molar-refractivity contribution in [3.8, 4) is 0 Å². The predicted molar refractivity (Wildman–Crippen MR) is 88.6 cm³/mol. The van der Waals surface area contributed by atoms with Gasteiger partial charge in [0.1, 0.15) is 0 Å². The first-order chi connectivity index (χ1) is 10.1.